The Balaban J connectivity index is 2.27. The molecule has 0 aromatic heterocycles. The molecule has 0 aliphatic carbocycles. The van der Waals surface area contributed by atoms with Crippen LogP contribution in [-0.4, -0.2) is 6.54 Å². The predicted octanol–water partition coefficient (Wildman–Crippen LogP) is 5.13. The van der Waals surface area contributed by atoms with Crippen molar-refractivity contribution in [2.24, 2.45) is 0 Å². The first-order valence-electron chi connectivity index (χ1n) is 6.53. The van der Waals surface area contributed by atoms with Crippen molar-refractivity contribution in [2.45, 2.75) is 19.4 Å². The predicted molar refractivity (Wildman–Crippen MR) is 85.7 cm³/mol. The van der Waals surface area contributed by atoms with Crippen LogP contribution in [0.2, 0.25) is 5.02 Å². The molecule has 2 aromatic rings. The molecule has 0 spiro atoms. The van der Waals surface area contributed by atoms with Crippen LogP contribution in [0.15, 0.2) is 46.9 Å². The van der Waals surface area contributed by atoms with Crippen LogP contribution >= 0.6 is 27.5 Å². The van der Waals surface area contributed by atoms with Crippen molar-refractivity contribution < 1.29 is 4.39 Å². The highest BCUT2D eigenvalue weighted by Crippen LogP contribution is 2.26. The fraction of sp³-hybridized carbons (Fsp3) is 0.250. The van der Waals surface area contributed by atoms with Crippen molar-refractivity contribution in [3.8, 4) is 0 Å². The first-order chi connectivity index (χ1) is 9.60. The van der Waals surface area contributed by atoms with Crippen LogP contribution in [-0.2, 0) is 6.42 Å². The molecule has 0 fully saturated rings. The maximum atomic E-state index is 13.4. The zero-order valence-electron chi connectivity index (χ0n) is 11.2. The Morgan fingerprint density at radius 1 is 1.25 bits per heavy atom. The third-order valence-corrected chi connectivity index (χ3v) is 4.00. The Labute approximate surface area is 132 Å². The lowest BCUT2D eigenvalue weighted by Crippen LogP contribution is -2.23. The van der Waals surface area contributed by atoms with Crippen LogP contribution in [0.1, 0.15) is 24.1 Å². The molecular formula is C16H16BrClFN. The van der Waals surface area contributed by atoms with Crippen LogP contribution in [0.25, 0.3) is 0 Å². The van der Waals surface area contributed by atoms with E-state index in [1.807, 2.05) is 12.1 Å². The first-order valence-corrected chi connectivity index (χ1v) is 7.70. The van der Waals surface area contributed by atoms with Gasteiger partial charge in [0.15, 0.2) is 0 Å². The second kappa shape index (κ2) is 7.21. The molecular weight excluding hydrogens is 341 g/mol. The molecule has 0 aliphatic rings. The molecule has 1 nitrogen and oxygen atoms in total. The smallest absolute Gasteiger partial charge is 0.123 e. The summed E-state index contributed by atoms with van der Waals surface area (Å²) < 4.78 is 14.4. The summed E-state index contributed by atoms with van der Waals surface area (Å²) >= 11 is 9.63. The summed E-state index contributed by atoms with van der Waals surface area (Å²) in [6, 6.07) is 12.7. The number of nitrogens with one attached hydrogen (secondary N) is 1. The monoisotopic (exact) mass is 355 g/mol. The molecule has 2 rings (SSSR count). The Bertz CT molecular complexity index is 588. The maximum Gasteiger partial charge on any atom is 0.123 e. The van der Waals surface area contributed by atoms with Crippen molar-refractivity contribution >= 4 is 27.5 Å². The van der Waals surface area contributed by atoms with Crippen molar-refractivity contribution in [3.05, 3.63) is 68.9 Å². The van der Waals surface area contributed by atoms with Gasteiger partial charge in [-0.25, -0.2) is 4.39 Å². The summed E-state index contributed by atoms with van der Waals surface area (Å²) in [5, 5.41) is 4.02. The van der Waals surface area contributed by atoms with E-state index in [0.717, 1.165) is 22.1 Å². The van der Waals surface area contributed by atoms with Gasteiger partial charge in [0.05, 0.1) is 0 Å². The first kappa shape index (κ1) is 15.5. The van der Waals surface area contributed by atoms with Crippen molar-refractivity contribution in [3.63, 3.8) is 0 Å². The van der Waals surface area contributed by atoms with Crippen LogP contribution in [0.4, 0.5) is 4.39 Å². The van der Waals surface area contributed by atoms with Gasteiger partial charge in [-0.3, -0.25) is 0 Å². The molecule has 0 saturated carbocycles. The lowest BCUT2D eigenvalue weighted by Gasteiger charge is -2.19. The van der Waals surface area contributed by atoms with E-state index < -0.39 is 0 Å². The van der Waals surface area contributed by atoms with Gasteiger partial charge in [-0.15, -0.1) is 0 Å². The van der Waals surface area contributed by atoms with Gasteiger partial charge < -0.3 is 5.32 Å². The highest BCUT2D eigenvalue weighted by atomic mass is 79.9. The van der Waals surface area contributed by atoms with E-state index in [2.05, 4.69) is 40.3 Å². The molecule has 4 heteroatoms. The number of rotatable bonds is 5. The number of hydrogen-bond donors (Lipinski definition) is 1. The zero-order chi connectivity index (χ0) is 14.5. The quantitative estimate of drug-likeness (QED) is 0.782. The second-order valence-electron chi connectivity index (χ2n) is 4.61. The number of likely N-dealkylation sites (N-methyl/N-ethyl adjacent to an activating group) is 1. The summed E-state index contributed by atoms with van der Waals surface area (Å²) in [7, 11) is 0. The van der Waals surface area contributed by atoms with Gasteiger partial charge >= 0.3 is 0 Å². The largest absolute Gasteiger partial charge is 0.310 e. The van der Waals surface area contributed by atoms with Gasteiger partial charge in [-0.05, 0) is 54.4 Å². The second-order valence-corrected chi connectivity index (χ2v) is 5.93. The normalized spacial score (nSPS) is 12.4. The molecule has 0 radical (unpaired) electrons. The van der Waals surface area contributed by atoms with Gasteiger partial charge in [0, 0.05) is 15.5 Å². The van der Waals surface area contributed by atoms with Crippen LogP contribution in [0.5, 0.6) is 0 Å². The Morgan fingerprint density at radius 2 is 2.05 bits per heavy atom. The van der Waals surface area contributed by atoms with Crippen LogP contribution in [0.3, 0.4) is 0 Å². The summed E-state index contributed by atoms with van der Waals surface area (Å²) in [6.45, 7) is 2.89. The number of halogens is 3. The molecule has 0 aliphatic heterocycles. The minimum Gasteiger partial charge on any atom is -0.310 e. The van der Waals surface area contributed by atoms with Gasteiger partial charge in [-0.2, -0.15) is 0 Å². The molecule has 0 saturated heterocycles. The molecule has 1 atom stereocenters. The summed E-state index contributed by atoms with van der Waals surface area (Å²) in [4.78, 5) is 0. The molecule has 0 amide bonds. The molecule has 106 valence electrons. The van der Waals surface area contributed by atoms with Crippen molar-refractivity contribution in [1.82, 2.24) is 5.32 Å². The van der Waals surface area contributed by atoms with E-state index in [9.17, 15) is 4.39 Å². The molecule has 1 N–H and O–H groups in total. The van der Waals surface area contributed by atoms with E-state index in [4.69, 9.17) is 11.6 Å². The molecule has 0 heterocycles. The minimum absolute atomic E-state index is 0.108. The standard InChI is InChI=1S/C16H16BrClFN/c1-2-20-16(11-4-3-5-13(17)8-11)10-12-9-14(19)6-7-15(12)18/h3-9,16,20H,2,10H2,1H3. The fourth-order valence-electron chi connectivity index (χ4n) is 2.20. The number of hydrogen-bond acceptors (Lipinski definition) is 1. The van der Waals surface area contributed by atoms with Gasteiger partial charge in [-0.1, -0.05) is 46.6 Å². The topological polar surface area (TPSA) is 12.0 Å². The van der Waals surface area contributed by atoms with E-state index >= 15 is 0 Å². The summed E-state index contributed by atoms with van der Waals surface area (Å²) in [5.41, 5.74) is 1.97. The lowest BCUT2D eigenvalue weighted by atomic mass is 9.98. The van der Waals surface area contributed by atoms with E-state index in [1.165, 1.54) is 12.1 Å². The van der Waals surface area contributed by atoms with Crippen LogP contribution in [0, 0.1) is 5.82 Å². The maximum absolute atomic E-state index is 13.4. The van der Waals surface area contributed by atoms with E-state index in [-0.39, 0.29) is 11.9 Å². The zero-order valence-corrected chi connectivity index (χ0v) is 13.5. The van der Waals surface area contributed by atoms with Crippen molar-refractivity contribution in [2.75, 3.05) is 6.54 Å². The van der Waals surface area contributed by atoms with Gasteiger partial charge in [0.1, 0.15) is 5.82 Å². The number of benzene rings is 2. The highest BCUT2D eigenvalue weighted by molar-refractivity contribution is 9.10. The third kappa shape index (κ3) is 4.05. The molecule has 2 aromatic carbocycles. The molecule has 20 heavy (non-hydrogen) atoms. The van der Waals surface area contributed by atoms with Crippen molar-refractivity contribution in [1.29, 1.82) is 0 Å². The van der Waals surface area contributed by atoms with Gasteiger partial charge in [0.25, 0.3) is 0 Å². The average molecular weight is 357 g/mol. The minimum atomic E-state index is -0.256. The average Bonchev–Trinajstić information content (AvgIpc) is 2.42. The summed E-state index contributed by atoms with van der Waals surface area (Å²) in [6.07, 6.45) is 0.654. The Hall–Kier alpha value is -0.900. The van der Waals surface area contributed by atoms with E-state index in [1.54, 1.807) is 6.07 Å². The third-order valence-electron chi connectivity index (χ3n) is 3.13. The SMILES string of the molecule is CCNC(Cc1cc(F)ccc1Cl)c1cccc(Br)c1. The Kier molecular flexibility index (Phi) is 5.58. The van der Waals surface area contributed by atoms with Crippen LogP contribution < -0.4 is 5.32 Å². The van der Waals surface area contributed by atoms with Gasteiger partial charge in [0.2, 0.25) is 0 Å². The summed E-state index contributed by atoms with van der Waals surface area (Å²) in [5.74, 6) is -0.256. The fourth-order valence-corrected chi connectivity index (χ4v) is 2.81. The molecule has 1 unspecified atom stereocenters. The lowest BCUT2D eigenvalue weighted by molar-refractivity contribution is 0.546. The molecule has 0 bridgehead atoms. The highest BCUT2D eigenvalue weighted by Gasteiger charge is 2.14. The Morgan fingerprint density at radius 3 is 2.75 bits per heavy atom. The van der Waals surface area contributed by atoms with E-state index in [0.29, 0.717) is 11.4 Å².